The average molecular weight is 286 g/mol. The summed E-state index contributed by atoms with van der Waals surface area (Å²) in [5.74, 6) is 0.837. The molecule has 0 saturated heterocycles. The fraction of sp³-hybridized carbons (Fsp3) is 0.600. The van der Waals surface area contributed by atoms with Crippen LogP contribution in [0, 0.1) is 11.7 Å². The molecule has 106 valence electrons. The van der Waals surface area contributed by atoms with Crippen molar-refractivity contribution in [1.29, 1.82) is 0 Å². The van der Waals surface area contributed by atoms with Crippen molar-refractivity contribution in [1.82, 2.24) is 5.32 Å². The van der Waals surface area contributed by atoms with E-state index >= 15 is 0 Å². The Morgan fingerprint density at radius 2 is 2.16 bits per heavy atom. The van der Waals surface area contributed by atoms with Gasteiger partial charge >= 0.3 is 0 Å². The molecule has 1 aromatic carbocycles. The van der Waals surface area contributed by atoms with Gasteiger partial charge in [-0.1, -0.05) is 18.9 Å². The van der Waals surface area contributed by atoms with Crippen molar-refractivity contribution in [3.63, 3.8) is 0 Å². The first-order chi connectivity index (χ1) is 9.20. The summed E-state index contributed by atoms with van der Waals surface area (Å²) < 4.78 is 18.7. The van der Waals surface area contributed by atoms with E-state index in [2.05, 4.69) is 5.32 Å². The summed E-state index contributed by atoms with van der Waals surface area (Å²) in [5.41, 5.74) is 0.669. The fourth-order valence-electron chi connectivity index (χ4n) is 2.58. The smallest absolute Gasteiger partial charge is 0.131 e. The zero-order valence-corrected chi connectivity index (χ0v) is 12.0. The molecule has 1 N–H and O–H groups in total. The van der Waals surface area contributed by atoms with E-state index in [1.54, 1.807) is 12.1 Å². The standard InChI is InChI=1S/C15H21ClFNO/c1-19-13-7-6-12(15(17)8-13)10-18-9-11-4-2-3-5-14(11)16/h6-8,11,14,18H,2-5,9-10H2,1H3. The number of alkyl halides is 1. The summed E-state index contributed by atoms with van der Waals surface area (Å²) >= 11 is 6.30. The van der Waals surface area contributed by atoms with Crippen LogP contribution in [0.3, 0.4) is 0 Å². The molecule has 0 radical (unpaired) electrons. The maximum absolute atomic E-state index is 13.7. The molecule has 0 bridgehead atoms. The van der Waals surface area contributed by atoms with Crippen molar-refractivity contribution in [2.45, 2.75) is 37.6 Å². The molecule has 0 aromatic heterocycles. The second kappa shape index (κ2) is 7.11. The van der Waals surface area contributed by atoms with Crippen LogP contribution in [0.25, 0.3) is 0 Å². The maximum atomic E-state index is 13.7. The third kappa shape index (κ3) is 4.08. The lowest BCUT2D eigenvalue weighted by Crippen LogP contribution is -2.31. The summed E-state index contributed by atoms with van der Waals surface area (Å²) in [5, 5.41) is 3.58. The van der Waals surface area contributed by atoms with Crippen LogP contribution in [0.15, 0.2) is 18.2 Å². The number of hydrogen-bond acceptors (Lipinski definition) is 2. The van der Waals surface area contributed by atoms with Crippen molar-refractivity contribution in [2.24, 2.45) is 5.92 Å². The minimum atomic E-state index is -0.224. The van der Waals surface area contributed by atoms with Crippen LogP contribution in [0.2, 0.25) is 0 Å². The molecule has 0 spiro atoms. The van der Waals surface area contributed by atoms with Gasteiger partial charge in [0.1, 0.15) is 11.6 Å². The molecule has 1 aromatic rings. The second-order valence-electron chi connectivity index (χ2n) is 5.15. The number of nitrogens with one attached hydrogen (secondary N) is 1. The summed E-state index contributed by atoms with van der Waals surface area (Å²) in [6, 6.07) is 4.97. The van der Waals surface area contributed by atoms with Crippen LogP contribution in [0.1, 0.15) is 31.2 Å². The fourth-order valence-corrected chi connectivity index (χ4v) is 2.95. The molecule has 0 heterocycles. The first-order valence-corrected chi connectivity index (χ1v) is 7.31. The highest BCUT2D eigenvalue weighted by Crippen LogP contribution is 2.28. The molecule has 19 heavy (non-hydrogen) atoms. The van der Waals surface area contributed by atoms with Crippen molar-refractivity contribution < 1.29 is 9.13 Å². The number of hydrogen-bond donors (Lipinski definition) is 1. The molecule has 2 unspecified atom stereocenters. The van der Waals surface area contributed by atoms with E-state index in [4.69, 9.17) is 16.3 Å². The van der Waals surface area contributed by atoms with E-state index in [1.807, 2.05) is 0 Å². The Morgan fingerprint density at radius 3 is 2.84 bits per heavy atom. The number of ether oxygens (including phenoxy) is 1. The normalized spacial score (nSPS) is 23.3. The van der Waals surface area contributed by atoms with Crippen molar-refractivity contribution in [3.05, 3.63) is 29.6 Å². The predicted octanol–water partition coefficient (Wildman–Crippen LogP) is 3.72. The van der Waals surface area contributed by atoms with Crippen LogP contribution < -0.4 is 10.1 Å². The van der Waals surface area contributed by atoms with Crippen LogP contribution in [-0.2, 0) is 6.54 Å². The Hall–Kier alpha value is -0.800. The van der Waals surface area contributed by atoms with Gasteiger partial charge in [-0.15, -0.1) is 11.6 Å². The molecular weight excluding hydrogens is 265 g/mol. The molecule has 1 aliphatic rings. The molecule has 1 aliphatic carbocycles. The average Bonchev–Trinajstić information content (AvgIpc) is 2.42. The highest BCUT2D eigenvalue weighted by atomic mass is 35.5. The highest BCUT2D eigenvalue weighted by Gasteiger charge is 2.22. The van der Waals surface area contributed by atoms with Gasteiger partial charge in [-0.05, 0) is 31.4 Å². The van der Waals surface area contributed by atoms with E-state index < -0.39 is 0 Å². The minimum Gasteiger partial charge on any atom is -0.497 e. The highest BCUT2D eigenvalue weighted by molar-refractivity contribution is 6.20. The van der Waals surface area contributed by atoms with Crippen LogP contribution in [-0.4, -0.2) is 19.0 Å². The largest absolute Gasteiger partial charge is 0.497 e. The monoisotopic (exact) mass is 285 g/mol. The molecule has 0 amide bonds. The van der Waals surface area contributed by atoms with Crippen molar-refractivity contribution in [3.8, 4) is 5.75 Å². The molecule has 4 heteroatoms. The van der Waals surface area contributed by atoms with Crippen molar-refractivity contribution >= 4 is 11.6 Å². The van der Waals surface area contributed by atoms with Gasteiger partial charge in [0.15, 0.2) is 0 Å². The molecule has 1 saturated carbocycles. The van der Waals surface area contributed by atoms with E-state index in [0.29, 0.717) is 23.8 Å². The maximum Gasteiger partial charge on any atom is 0.131 e. The molecular formula is C15H21ClFNO. The van der Waals surface area contributed by atoms with Gasteiger partial charge in [-0.25, -0.2) is 4.39 Å². The summed E-state index contributed by atoms with van der Waals surface area (Å²) in [6.07, 6.45) is 4.77. The minimum absolute atomic E-state index is 0.224. The molecule has 2 atom stereocenters. The van der Waals surface area contributed by atoms with Crippen LogP contribution in [0.4, 0.5) is 4.39 Å². The molecule has 1 fully saturated rings. The van der Waals surface area contributed by atoms with Gasteiger partial charge in [-0.2, -0.15) is 0 Å². The van der Waals surface area contributed by atoms with E-state index in [1.165, 1.54) is 32.4 Å². The number of benzene rings is 1. The molecule has 2 nitrogen and oxygen atoms in total. The lowest BCUT2D eigenvalue weighted by Gasteiger charge is -2.27. The Labute approximate surface area is 119 Å². The molecule has 2 rings (SSSR count). The van der Waals surface area contributed by atoms with Crippen molar-refractivity contribution in [2.75, 3.05) is 13.7 Å². The third-order valence-corrected chi connectivity index (χ3v) is 4.37. The summed E-state index contributed by atoms with van der Waals surface area (Å²) in [7, 11) is 1.54. The Bertz CT molecular complexity index is 413. The number of halogens is 2. The van der Waals surface area contributed by atoms with Gasteiger partial charge < -0.3 is 10.1 Å². The van der Waals surface area contributed by atoms with Gasteiger partial charge in [0.05, 0.1) is 7.11 Å². The Balaban J connectivity index is 1.82. The SMILES string of the molecule is COc1ccc(CNCC2CCCCC2Cl)c(F)c1. The van der Waals surface area contributed by atoms with E-state index in [-0.39, 0.29) is 11.2 Å². The Morgan fingerprint density at radius 1 is 1.37 bits per heavy atom. The quantitative estimate of drug-likeness (QED) is 0.833. The predicted molar refractivity (Wildman–Crippen MR) is 76.3 cm³/mol. The van der Waals surface area contributed by atoms with Gasteiger partial charge in [-0.3, -0.25) is 0 Å². The zero-order chi connectivity index (χ0) is 13.7. The lowest BCUT2D eigenvalue weighted by molar-refractivity contribution is 0.347. The summed E-state index contributed by atoms with van der Waals surface area (Å²) in [6.45, 7) is 1.40. The number of rotatable bonds is 5. The van der Waals surface area contributed by atoms with Crippen LogP contribution in [0.5, 0.6) is 5.75 Å². The van der Waals surface area contributed by atoms with E-state index in [0.717, 1.165) is 13.0 Å². The lowest BCUT2D eigenvalue weighted by atomic mass is 9.89. The second-order valence-corrected chi connectivity index (χ2v) is 5.71. The van der Waals surface area contributed by atoms with E-state index in [9.17, 15) is 4.39 Å². The topological polar surface area (TPSA) is 21.3 Å². The van der Waals surface area contributed by atoms with Crippen LogP contribution >= 0.6 is 11.6 Å². The Kier molecular flexibility index (Phi) is 5.46. The summed E-state index contributed by atoms with van der Waals surface area (Å²) in [4.78, 5) is 0. The van der Waals surface area contributed by atoms with Gasteiger partial charge in [0, 0.05) is 23.6 Å². The third-order valence-electron chi connectivity index (χ3n) is 3.80. The zero-order valence-electron chi connectivity index (χ0n) is 11.3. The first kappa shape index (κ1) is 14.6. The first-order valence-electron chi connectivity index (χ1n) is 6.88. The number of methoxy groups -OCH3 is 1. The van der Waals surface area contributed by atoms with Gasteiger partial charge in [0.25, 0.3) is 0 Å². The molecule has 0 aliphatic heterocycles. The van der Waals surface area contributed by atoms with Gasteiger partial charge in [0.2, 0.25) is 0 Å².